The number of hydrogen-bond donors (Lipinski definition) is 1. The van der Waals surface area contributed by atoms with Gasteiger partial charge in [0.25, 0.3) is 5.91 Å². The molecule has 1 aromatic heterocycles. The molecule has 0 aliphatic rings. The van der Waals surface area contributed by atoms with Crippen LogP contribution in [0.15, 0.2) is 48.8 Å². The van der Waals surface area contributed by atoms with E-state index in [4.69, 9.17) is 0 Å². The van der Waals surface area contributed by atoms with Gasteiger partial charge in [0.15, 0.2) is 0 Å². The third-order valence-electron chi connectivity index (χ3n) is 2.80. The second kappa shape index (κ2) is 5.96. The van der Waals surface area contributed by atoms with Crippen molar-refractivity contribution in [2.75, 3.05) is 0 Å². The number of pyridine rings is 1. The van der Waals surface area contributed by atoms with E-state index in [-0.39, 0.29) is 5.91 Å². The number of amides is 1. The van der Waals surface area contributed by atoms with Crippen LogP contribution in [-0.4, -0.2) is 10.9 Å². The van der Waals surface area contributed by atoms with Crippen molar-refractivity contribution in [2.24, 2.45) is 0 Å². The minimum absolute atomic E-state index is 0.0397. The smallest absolute Gasteiger partial charge is 0.251 e. The normalized spacial score (nSPS) is 10.1. The van der Waals surface area contributed by atoms with E-state index >= 15 is 0 Å². The maximum absolute atomic E-state index is 12.0. The maximum atomic E-state index is 12.0. The van der Waals surface area contributed by atoms with Crippen molar-refractivity contribution in [1.29, 1.82) is 0 Å². The molecular weight excluding hydrogens is 224 g/mol. The zero-order valence-electron chi connectivity index (χ0n) is 10.4. The summed E-state index contributed by atoms with van der Waals surface area (Å²) in [6.45, 7) is 2.60. The Hall–Kier alpha value is -2.16. The largest absolute Gasteiger partial charge is 0.348 e. The van der Waals surface area contributed by atoms with Crippen LogP contribution in [-0.2, 0) is 13.0 Å². The summed E-state index contributed by atoms with van der Waals surface area (Å²) in [5.41, 5.74) is 2.93. The van der Waals surface area contributed by atoms with Crippen LogP contribution in [0.2, 0.25) is 0 Å². The summed E-state index contributed by atoms with van der Waals surface area (Å²) in [6, 6.07) is 11.5. The number of benzene rings is 1. The quantitative estimate of drug-likeness (QED) is 0.892. The predicted octanol–water partition coefficient (Wildman–Crippen LogP) is 2.57. The molecule has 3 nitrogen and oxygen atoms in total. The maximum Gasteiger partial charge on any atom is 0.251 e. The van der Waals surface area contributed by atoms with Gasteiger partial charge in [0, 0.05) is 24.5 Å². The van der Waals surface area contributed by atoms with Gasteiger partial charge in [-0.3, -0.25) is 9.78 Å². The van der Waals surface area contributed by atoms with E-state index < -0.39 is 0 Å². The Balaban J connectivity index is 1.99. The van der Waals surface area contributed by atoms with Gasteiger partial charge >= 0.3 is 0 Å². The van der Waals surface area contributed by atoms with Crippen LogP contribution in [0, 0.1) is 0 Å². The average Bonchev–Trinajstić information content (AvgIpc) is 2.46. The number of carbonyl (C=O) groups is 1. The van der Waals surface area contributed by atoms with Crippen molar-refractivity contribution in [3.05, 3.63) is 65.5 Å². The van der Waals surface area contributed by atoms with E-state index in [1.54, 1.807) is 12.4 Å². The van der Waals surface area contributed by atoms with Crippen molar-refractivity contribution in [1.82, 2.24) is 10.3 Å². The van der Waals surface area contributed by atoms with E-state index in [0.717, 1.165) is 12.0 Å². The van der Waals surface area contributed by atoms with Crippen LogP contribution in [0.1, 0.15) is 28.4 Å². The molecule has 18 heavy (non-hydrogen) atoms. The number of nitrogens with zero attached hydrogens (tertiary/aromatic N) is 1. The molecule has 0 aliphatic heterocycles. The van der Waals surface area contributed by atoms with Crippen molar-refractivity contribution < 1.29 is 4.79 Å². The first-order chi connectivity index (χ1) is 8.79. The van der Waals surface area contributed by atoms with Crippen molar-refractivity contribution in [2.45, 2.75) is 19.9 Å². The van der Waals surface area contributed by atoms with Gasteiger partial charge in [-0.05, 0) is 41.8 Å². The molecule has 1 heterocycles. The highest BCUT2D eigenvalue weighted by atomic mass is 16.1. The molecule has 0 atom stereocenters. The third-order valence-corrected chi connectivity index (χ3v) is 2.80. The van der Waals surface area contributed by atoms with Crippen LogP contribution in [0.4, 0.5) is 0 Å². The Kier molecular flexibility index (Phi) is 4.07. The number of hydrogen-bond acceptors (Lipinski definition) is 2. The van der Waals surface area contributed by atoms with E-state index in [1.165, 1.54) is 5.56 Å². The fourth-order valence-electron chi connectivity index (χ4n) is 1.72. The van der Waals surface area contributed by atoms with Gasteiger partial charge in [-0.15, -0.1) is 0 Å². The van der Waals surface area contributed by atoms with E-state index in [2.05, 4.69) is 17.2 Å². The average molecular weight is 240 g/mol. The molecule has 2 rings (SSSR count). The van der Waals surface area contributed by atoms with Gasteiger partial charge in [-0.1, -0.05) is 19.1 Å². The first kappa shape index (κ1) is 12.3. The van der Waals surface area contributed by atoms with Crippen LogP contribution in [0.5, 0.6) is 0 Å². The van der Waals surface area contributed by atoms with Crippen molar-refractivity contribution in [3.8, 4) is 0 Å². The van der Waals surface area contributed by atoms with Gasteiger partial charge in [0.1, 0.15) is 0 Å². The highest BCUT2D eigenvalue weighted by Crippen LogP contribution is 2.06. The molecular formula is C15H16N2O. The number of nitrogens with one attached hydrogen (secondary N) is 1. The lowest BCUT2D eigenvalue weighted by Gasteiger charge is -2.06. The number of aromatic nitrogens is 1. The topological polar surface area (TPSA) is 42.0 Å². The summed E-state index contributed by atoms with van der Waals surface area (Å²) in [7, 11) is 0. The molecule has 0 unspecified atom stereocenters. The SMILES string of the molecule is CCc1cccc(C(=O)NCc2ccncc2)c1. The van der Waals surface area contributed by atoms with E-state index in [0.29, 0.717) is 12.1 Å². The summed E-state index contributed by atoms with van der Waals surface area (Å²) < 4.78 is 0. The number of rotatable bonds is 4. The summed E-state index contributed by atoms with van der Waals surface area (Å²) in [5.74, 6) is -0.0397. The van der Waals surface area contributed by atoms with E-state index in [9.17, 15) is 4.79 Å². The molecule has 1 amide bonds. The lowest BCUT2D eigenvalue weighted by Crippen LogP contribution is -2.22. The number of carbonyl (C=O) groups excluding carboxylic acids is 1. The fraction of sp³-hybridized carbons (Fsp3) is 0.200. The zero-order chi connectivity index (χ0) is 12.8. The Morgan fingerprint density at radius 2 is 1.94 bits per heavy atom. The fourth-order valence-corrected chi connectivity index (χ4v) is 1.72. The molecule has 1 N–H and O–H groups in total. The second-order valence-corrected chi connectivity index (χ2v) is 4.09. The molecule has 3 heteroatoms. The lowest BCUT2D eigenvalue weighted by molar-refractivity contribution is 0.0951. The molecule has 1 aromatic carbocycles. The summed E-state index contributed by atoms with van der Waals surface area (Å²) >= 11 is 0. The Morgan fingerprint density at radius 1 is 1.17 bits per heavy atom. The molecule has 0 saturated carbocycles. The van der Waals surface area contributed by atoms with Gasteiger partial charge in [0.2, 0.25) is 0 Å². The van der Waals surface area contributed by atoms with Crippen LogP contribution in [0.3, 0.4) is 0 Å². The standard InChI is InChI=1S/C15H16N2O/c1-2-12-4-3-5-14(10-12)15(18)17-11-13-6-8-16-9-7-13/h3-10H,2,11H2,1H3,(H,17,18). The molecule has 0 bridgehead atoms. The Labute approximate surface area is 107 Å². The van der Waals surface area contributed by atoms with E-state index in [1.807, 2.05) is 36.4 Å². The summed E-state index contributed by atoms with van der Waals surface area (Å²) in [5, 5.41) is 2.90. The Morgan fingerprint density at radius 3 is 2.67 bits per heavy atom. The molecule has 0 saturated heterocycles. The van der Waals surface area contributed by atoms with Crippen molar-refractivity contribution in [3.63, 3.8) is 0 Å². The van der Waals surface area contributed by atoms with Crippen LogP contribution < -0.4 is 5.32 Å². The Bertz CT molecular complexity index is 523. The molecule has 0 fully saturated rings. The second-order valence-electron chi connectivity index (χ2n) is 4.09. The molecule has 0 spiro atoms. The van der Waals surface area contributed by atoms with Gasteiger partial charge in [0.05, 0.1) is 0 Å². The highest BCUT2D eigenvalue weighted by Gasteiger charge is 2.05. The molecule has 0 aliphatic carbocycles. The minimum atomic E-state index is -0.0397. The molecule has 2 aromatic rings. The zero-order valence-corrected chi connectivity index (χ0v) is 10.4. The van der Waals surface area contributed by atoms with Gasteiger partial charge < -0.3 is 5.32 Å². The highest BCUT2D eigenvalue weighted by molar-refractivity contribution is 5.94. The third kappa shape index (κ3) is 3.17. The van der Waals surface area contributed by atoms with Gasteiger partial charge in [-0.25, -0.2) is 0 Å². The lowest BCUT2D eigenvalue weighted by atomic mass is 10.1. The minimum Gasteiger partial charge on any atom is -0.348 e. The van der Waals surface area contributed by atoms with Crippen molar-refractivity contribution >= 4 is 5.91 Å². The number of aryl methyl sites for hydroxylation is 1. The molecule has 0 radical (unpaired) electrons. The predicted molar refractivity (Wildman–Crippen MR) is 71.2 cm³/mol. The monoisotopic (exact) mass is 240 g/mol. The molecule has 92 valence electrons. The first-order valence-electron chi connectivity index (χ1n) is 6.05. The van der Waals surface area contributed by atoms with Crippen LogP contribution >= 0.6 is 0 Å². The summed E-state index contributed by atoms with van der Waals surface area (Å²) in [6.07, 6.45) is 4.38. The van der Waals surface area contributed by atoms with Crippen LogP contribution in [0.25, 0.3) is 0 Å². The van der Waals surface area contributed by atoms with Gasteiger partial charge in [-0.2, -0.15) is 0 Å². The summed E-state index contributed by atoms with van der Waals surface area (Å²) in [4.78, 5) is 15.9. The first-order valence-corrected chi connectivity index (χ1v) is 6.05.